The molecule has 2 aromatic carbocycles. The third-order valence-corrected chi connectivity index (χ3v) is 3.78. The first-order valence-corrected chi connectivity index (χ1v) is 7.93. The predicted octanol–water partition coefficient (Wildman–Crippen LogP) is 3.93. The molecule has 0 aromatic heterocycles. The molecule has 0 unspecified atom stereocenters. The quantitative estimate of drug-likeness (QED) is 0.624. The second kappa shape index (κ2) is 8.51. The molecule has 2 rings (SSSR count). The molecule has 4 nitrogen and oxygen atoms in total. The molecule has 1 amide bonds. The summed E-state index contributed by atoms with van der Waals surface area (Å²) in [5.41, 5.74) is 1.52. The van der Waals surface area contributed by atoms with Crippen LogP contribution < -0.4 is 5.32 Å². The number of likely N-dealkylation sites (N-methyl/N-ethyl adjacent to an activating group) is 1. The van der Waals surface area contributed by atoms with Crippen molar-refractivity contribution in [3.05, 3.63) is 70.8 Å². The van der Waals surface area contributed by atoms with E-state index in [2.05, 4.69) is 10.5 Å². The van der Waals surface area contributed by atoms with Gasteiger partial charge in [0.1, 0.15) is 6.61 Å². The van der Waals surface area contributed by atoms with Crippen molar-refractivity contribution in [3.63, 3.8) is 0 Å². The van der Waals surface area contributed by atoms with E-state index in [4.69, 9.17) is 4.84 Å². The predicted molar refractivity (Wildman–Crippen MR) is 92.7 cm³/mol. The van der Waals surface area contributed by atoms with E-state index >= 15 is 0 Å². The zero-order valence-electron chi connectivity index (χ0n) is 14.4. The van der Waals surface area contributed by atoms with Gasteiger partial charge < -0.3 is 10.2 Å². The fourth-order valence-electron chi connectivity index (χ4n) is 2.30. The van der Waals surface area contributed by atoms with Crippen LogP contribution in [0.4, 0.5) is 13.2 Å². The number of hydrogen-bond donors (Lipinski definition) is 1. The topological polar surface area (TPSA) is 50.7 Å². The summed E-state index contributed by atoms with van der Waals surface area (Å²) in [7, 11) is 1.56. The fourth-order valence-corrected chi connectivity index (χ4v) is 2.30. The van der Waals surface area contributed by atoms with Gasteiger partial charge in [-0.25, -0.2) is 0 Å². The molecule has 0 spiro atoms. The Balaban J connectivity index is 2.08. The van der Waals surface area contributed by atoms with Gasteiger partial charge >= 0.3 is 6.18 Å². The Morgan fingerprint density at radius 3 is 2.46 bits per heavy atom. The number of nitrogens with one attached hydrogen (secondary N) is 1. The Labute approximate surface area is 149 Å². The molecule has 0 aliphatic carbocycles. The minimum Gasteiger partial charge on any atom is -0.391 e. The van der Waals surface area contributed by atoms with Crippen LogP contribution in [0.5, 0.6) is 0 Å². The van der Waals surface area contributed by atoms with E-state index in [0.717, 1.165) is 23.3 Å². The molecular weight excluding hydrogens is 345 g/mol. The van der Waals surface area contributed by atoms with Crippen LogP contribution in [-0.4, -0.2) is 18.7 Å². The lowest BCUT2D eigenvalue weighted by molar-refractivity contribution is -0.137. The van der Waals surface area contributed by atoms with Crippen LogP contribution in [0.1, 0.15) is 29.2 Å². The molecule has 0 aliphatic rings. The highest BCUT2D eigenvalue weighted by molar-refractivity contribution is 5.98. The maximum atomic E-state index is 12.8. The van der Waals surface area contributed by atoms with E-state index in [1.807, 2.05) is 24.3 Å². The maximum Gasteiger partial charge on any atom is 0.416 e. The van der Waals surface area contributed by atoms with Crippen LogP contribution in [0.15, 0.2) is 53.7 Å². The maximum absolute atomic E-state index is 12.8. The van der Waals surface area contributed by atoms with Crippen LogP contribution in [0.2, 0.25) is 0 Å². The number of carbonyl (C=O) groups is 1. The number of rotatable bonds is 6. The number of carbonyl (C=O) groups excluding carboxylic acids is 1. The first-order chi connectivity index (χ1) is 12.3. The number of nitrogens with zero attached hydrogens (tertiary/aromatic N) is 1. The van der Waals surface area contributed by atoms with Crippen LogP contribution in [0, 0.1) is 0 Å². The first-order valence-electron chi connectivity index (χ1n) is 7.93. The van der Waals surface area contributed by atoms with Gasteiger partial charge in [-0.2, -0.15) is 13.2 Å². The van der Waals surface area contributed by atoms with Gasteiger partial charge in [0.15, 0.2) is 0 Å². The second-order valence-corrected chi connectivity index (χ2v) is 5.65. The molecule has 0 radical (unpaired) electrons. The molecule has 26 heavy (non-hydrogen) atoms. The molecule has 0 saturated heterocycles. The minimum atomic E-state index is -4.41. The van der Waals surface area contributed by atoms with E-state index in [1.165, 1.54) is 12.1 Å². The van der Waals surface area contributed by atoms with Crippen LogP contribution >= 0.6 is 0 Å². The summed E-state index contributed by atoms with van der Waals surface area (Å²) in [5.74, 6) is -0.124. The average Bonchev–Trinajstić information content (AvgIpc) is 2.62. The average molecular weight is 364 g/mol. The largest absolute Gasteiger partial charge is 0.416 e. The summed E-state index contributed by atoms with van der Waals surface area (Å²) in [4.78, 5) is 16.8. The van der Waals surface area contributed by atoms with E-state index in [0.29, 0.717) is 11.3 Å². The summed E-state index contributed by atoms with van der Waals surface area (Å²) in [6, 6.07) is 12.2. The van der Waals surface area contributed by atoms with Crippen molar-refractivity contribution in [1.82, 2.24) is 5.32 Å². The number of amides is 1. The molecule has 1 N–H and O–H groups in total. The molecule has 2 aromatic rings. The van der Waals surface area contributed by atoms with Crippen molar-refractivity contribution in [2.24, 2.45) is 5.16 Å². The van der Waals surface area contributed by atoms with Crippen LogP contribution in [0.3, 0.4) is 0 Å². The van der Waals surface area contributed by atoms with Crippen molar-refractivity contribution in [3.8, 4) is 0 Å². The molecular formula is C19H19F3N2O2. The third kappa shape index (κ3) is 5.34. The van der Waals surface area contributed by atoms with Gasteiger partial charge in [0, 0.05) is 7.05 Å². The Hall–Kier alpha value is -2.83. The van der Waals surface area contributed by atoms with E-state index in [9.17, 15) is 18.0 Å². The Bertz CT molecular complexity index is 801. The second-order valence-electron chi connectivity index (χ2n) is 5.65. The van der Waals surface area contributed by atoms with Gasteiger partial charge in [-0.05, 0) is 35.7 Å². The van der Waals surface area contributed by atoms with Gasteiger partial charge in [0.25, 0.3) is 0 Å². The lowest BCUT2D eigenvalue weighted by Crippen LogP contribution is -2.20. The number of benzene rings is 2. The monoisotopic (exact) mass is 364 g/mol. The highest BCUT2D eigenvalue weighted by Crippen LogP contribution is 2.29. The van der Waals surface area contributed by atoms with Crippen LogP contribution in [0.25, 0.3) is 0 Å². The molecule has 7 heteroatoms. The third-order valence-electron chi connectivity index (χ3n) is 3.78. The Kier molecular flexibility index (Phi) is 6.38. The molecule has 0 aliphatic heterocycles. The summed E-state index contributed by atoms with van der Waals surface area (Å²) in [6.07, 6.45) is -4.19. The molecule has 0 saturated carbocycles. The minimum absolute atomic E-state index is 0.115. The van der Waals surface area contributed by atoms with E-state index in [1.54, 1.807) is 14.0 Å². The molecule has 0 heterocycles. The van der Waals surface area contributed by atoms with Crippen molar-refractivity contribution < 1.29 is 22.8 Å². The van der Waals surface area contributed by atoms with Crippen molar-refractivity contribution in [1.29, 1.82) is 0 Å². The summed E-state index contributed by atoms with van der Waals surface area (Å²) < 4.78 is 38.3. The lowest BCUT2D eigenvalue weighted by Gasteiger charge is -2.10. The zero-order valence-corrected chi connectivity index (χ0v) is 14.4. The highest BCUT2D eigenvalue weighted by atomic mass is 19.4. The van der Waals surface area contributed by atoms with Gasteiger partial charge in [-0.1, -0.05) is 41.6 Å². The zero-order chi connectivity index (χ0) is 19.2. The Morgan fingerprint density at radius 2 is 1.81 bits per heavy atom. The normalized spacial score (nSPS) is 12.0. The number of alkyl halides is 3. The summed E-state index contributed by atoms with van der Waals surface area (Å²) >= 11 is 0. The van der Waals surface area contributed by atoms with Crippen molar-refractivity contribution >= 4 is 11.6 Å². The molecule has 0 fully saturated rings. The van der Waals surface area contributed by atoms with Gasteiger partial charge in [-0.3, -0.25) is 4.79 Å². The van der Waals surface area contributed by atoms with E-state index in [-0.39, 0.29) is 18.9 Å². The van der Waals surface area contributed by atoms with E-state index < -0.39 is 11.7 Å². The molecule has 0 atom stereocenters. The lowest BCUT2D eigenvalue weighted by atomic mass is 10.1. The number of hydrogen-bond acceptors (Lipinski definition) is 3. The Morgan fingerprint density at radius 1 is 1.12 bits per heavy atom. The van der Waals surface area contributed by atoms with Crippen molar-refractivity contribution in [2.75, 3.05) is 7.05 Å². The van der Waals surface area contributed by atoms with Crippen molar-refractivity contribution in [2.45, 2.75) is 26.1 Å². The SMILES string of the molecule is CNC(=O)Cc1ccccc1CO/N=C(\C)c1cccc(C(F)(F)F)c1. The highest BCUT2D eigenvalue weighted by Gasteiger charge is 2.30. The fraction of sp³-hybridized carbons (Fsp3) is 0.263. The summed E-state index contributed by atoms with van der Waals surface area (Å²) in [6.45, 7) is 1.69. The number of oxime groups is 1. The first kappa shape index (κ1) is 19.5. The van der Waals surface area contributed by atoms with Gasteiger partial charge in [0.05, 0.1) is 17.7 Å². The standard InChI is InChI=1S/C19H19F3N2O2/c1-13(14-8-5-9-17(10-14)19(20,21)22)24-26-12-16-7-4-3-6-15(16)11-18(25)23-2/h3-10H,11-12H2,1-2H3,(H,23,25)/b24-13+. The van der Waals surface area contributed by atoms with Gasteiger partial charge in [0.2, 0.25) is 5.91 Å². The van der Waals surface area contributed by atoms with Gasteiger partial charge in [-0.15, -0.1) is 0 Å². The molecule has 138 valence electrons. The number of halogens is 3. The molecule has 0 bridgehead atoms. The smallest absolute Gasteiger partial charge is 0.391 e. The van der Waals surface area contributed by atoms with Crippen LogP contribution in [-0.2, 0) is 28.8 Å². The summed E-state index contributed by atoms with van der Waals surface area (Å²) in [5, 5.41) is 6.46.